The Labute approximate surface area is 135 Å². The number of nitrogens with one attached hydrogen (secondary N) is 1. The zero-order chi connectivity index (χ0) is 16.1. The number of hydrogen-bond acceptors (Lipinski definition) is 4. The summed E-state index contributed by atoms with van der Waals surface area (Å²) in [6, 6.07) is 7.24. The molecule has 0 unspecified atom stereocenters. The second kappa shape index (κ2) is 7.74. The van der Waals surface area contributed by atoms with Crippen LogP contribution in [-0.2, 0) is 13.1 Å². The summed E-state index contributed by atoms with van der Waals surface area (Å²) in [6.07, 6.45) is -0.605. The van der Waals surface area contributed by atoms with Crippen LogP contribution in [0.4, 0.5) is 0 Å². The van der Waals surface area contributed by atoms with Gasteiger partial charge in [0.2, 0.25) is 0 Å². The molecule has 0 radical (unpaired) electrons. The lowest BCUT2D eigenvalue weighted by Crippen LogP contribution is -2.21. The number of halogens is 1. The molecule has 0 fully saturated rings. The SMILES string of the molecule is Cc1nn(CCO)c(C)c1CNC[C@@H](O)c1cccc(Cl)c1. The number of benzene rings is 1. The average molecular weight is 324 g/mol. The van der Waals surface area contributed by atoms with Crippen LogP contribution < -0.4 is 5.32 Å². The number of aryl methyl sites for hydroxylation is 1. The van der Waals surface area contributed by atoms with E-state index in [4.69, 9.17) is 16.7 Å². The van der Waals surface area contributed by atoms with Gasteiger partial charge in [0.05, 0.1) is 24.9 Å². The van der Waals surface area contributed by atoms with Gasteiger partial charge in [0.25, 0.3) is 0 Å². The maximum absolute atomic E-state index is 10.2. The van der Waals surface area contributed by atoms with Gasteiger partial charge in [0.1, 0.15) is 0 Å². The zero-order valence-corrected chi connectivity index (χ0v) is 13.6. The van der Waals surface area contributed by atoms with Crippen LogP contribution in [-0.4, -0.2) is 33.1 Å². The van der Waals surface area contributed by atoms with Crippen molar-refractivity contribution >= 4 is 11.6 Å². The molecule has 2 aromatic rings. The molecule has 1 heterocycles. The smallest absolute Gasteiger partial charge is 0.0915 e. The van der Waals surface area contributed by atoms with Gasteiger partial charge in [-0.1, -0.05) is 23.7 Å². The summed E-state index contributed by atoms with van der Waals surface area (Å²) in [5.74, 6) is 0. The molecule has 1 atom stereocenters. The largest absolute Gasteiger partial charge is 0.394 e. The van der Waals surface area contributed by atoms with Gasteiger partial charge in [-0.05, 0) is 31.5 Å². The van der Waals surface area contributed by atoms with Crippen LogP contribution in [0.5, 0.6) is 0 Å². The molecule has 22 heavy (non-hydrogen) atoms. The maximum Gasteiger partial charge on any atom is 0.0915 e. The molecule has 3 N–H and O–H groups in total. The van der Waals surface area contributed by atoms with Crippen molar-refractivity contribution in [1.29, 1.82) is 0 Å². The fourth-order valence-electron chi connectivity index (χ4n) is 2.47. The molecule has 5 nitrogen and oxygen atoms in total. The number of hydrogen-bond donors (Lipinski definition) is 3. The molecule has 6 heteroatoms. The van der Waals surface area contributed by atoms with Crippen LogP contribution in [0.25, 0.3) is 0 Å². The van der Waals surface area contributed by atoms with E-state index in [1.54, 1.807) is 16.8 Å². The topological polar surface area (TPSA) is 70.3 Å². The Morgan fingerprint density at radius 3 is 2.82 bits per heavy atom. The third kappa shape index (κ3) is 4.08. The molecule has 0 aliphatic carbocycles. The Kier molecular flexibility index (Phi) is 5.97. The highest BCUT2D eigenvalue weighted by atomic mass is 35.5. The highest BCUT2D eigenvalue weighted by molar-refractivity contribution is 6.30. The summed E-state index contributed by atoms with van der Waals surface area (Å²) in [5, 5.41) is 27.5. The fraction of sp³-hybridized carbons (Fsp3) is 0.438. The first kappa shape index (κ1) is 17.0. The molecule has 1 aromatic heterocycles. The van der Waals surface area contributed by atoms with Gasteiger partial charge >= 0.3 is 0 Å². The third-order valence-electron chi connectivity index (χ3n) is 3.72. The van der Waals surface area contributed by atoms with Crippen molar-refractivity contribution in [3.8, 4) is 0 Å². The van der Waals surface area contributed by atoms with Gasteiger partial charge in [-0.3, -0.25) is 4.68 Å². The maximum atomic E-state index is 10.2. The van der Waals surface area contributed by atoms with Crippen molar-refractivity contribution in [2.24, 2.45) is 0 Å². The quantitative estimate of drug-likeness (QED) is 0.728. The van der Waals surface area contributed by atoms with Crippen molar-refractivity contribution in [3.63, 3.8) is 0 Å². The molecule has 1 aromatic carbocycles. The Morgan fingerprint density at radius 1 is 1.36 bits per heavy atom. The van der Waals surface area contributed by atoms with Crippen LogP contribution in [0, 0.1) is 13.8 Å². The summed E-state index contributed by atoms with van der Waals surface area (Å²) in [6.45, 7) is 5.57. The number of aliphatic hydroxyl groups excluding tert-OH is 2. The number of aliphatic hydroxyl groups is 2. The van der Waals surface area contributed by atoms with Gasteiger partial charge < -0.3 is 15.5 Å². The van der Waals surface area contributed by atoms with Gasteiger partial charge in [-0.25, -0.2) is 0 Å². The minimum Gasteiger partial charge on any atom is -0.394 e. The van der Waals surface area contributed by atoms with Crippen LogP contribution in [0.2, 0.25) is 5.02 Å². The van der Waals surface area contributed by atoms with E-state index in [1.807, 2.05) is 26.0 Å². The molecule has 0 spiro atoms. The van der Waals surface area contributed by atoms with Crippen LogP contribution in [0.15, 0.2) is 24.3 Å². The lowest BCUT2D eigenvalue weighted by atomic mass is 10.1. The molecule has 120 valence electrons. The summed E-state index contributed by atoms with van der Waals surface area (Å²) in [7, 11) is 0. The average Bonchev–Trinajstić information content (AvgIpc) is 2.75. The van der Waals surface area contributed by atoms with Crippen molar-refractivity contribution in [2.75, 3.05) is 13.2 Å². The van der Waals surface area contributed by atoms with Gasteiger partial charge in [-0.15, -0.1) is 0 Å². The second-order valence-corrected chi connectivity index (χ2v) is 5.73. The lowest BCUT2D eigenvalue weighted by Gasteiger charge is -2.13. The fourth-order valence-corrected chi connectivity index (χ4v) is 2.67. The minimum atomic E-state index is -0.605. The summed E-state index contributed by atoms with van der Waals surface area (Å²) < 4.78 is 1.81. The minimum absolute atomic E-state index is 0.0717. The monoisotopic (exact) mass is 323 g/mol. The Morgan fingerprint density at radius 2 is 2.14 bits per heavy atom. The van der Waals surface area contributed by atoms with E-state index >= 15 is 0 Å². The predicted molar refractivity (Wildman–Crippen MR) is 86.9 cm³/mol. The van der Waals surface area contributed by atoms with E-state index in [0.29, 0.717) is 24.7 Å². The van der Waals surface area contributed by atoms with E-state index in [0.717, 1.165) is 22.5 Å². The zero-order valence-electron chi connectivity index (χ0n) is 12.9. The number of aromatic nitrogens is 2. The molecular formula is C16H22ClN3O2. The van der Waals surface area contributed by atoms with Gasteiger partial charge in [0.15, 0.2) is 0 Å². The predicted octanol–water partition coefficient (Wildman–Crippen LogP) is 1.97. The van der Waals surface area contributed by atoms with Gasteiger partial charge in [-0.2, -0.15) is 5.10 Å². The second-order valence-electron chi connectivity index (χ2n) is 5.30. The normalized spacial score (nSPS) is 12.6. The Balaban J connectivity index is 1.94. The molecule has 0 bridgehead atoms. The summed E-state index contributed by atoms with van der Waals surface area (Å²) >= 11 is 5.93. The first-order chi connectivity index (χ1) is 10.5. The molecule has 0 aliphatic rings. The third-order valence-corrected chi connectivity index (χ3v) is 3.95. The van der Waals surface area contributed by atoms with Crippen molar-refractivity contribution in [2.45, 2.75) is 33.0 Å². The Hall–Kier alpha value is -1.40. The first-order valence-corrected chi connectivity index (χ1v) is 7.68. The summed E-state index contributed by atoms with van der Waals surface area (Å²) in [5.41, 5.74) is 3.88. The lowest BCUT2D eigenvalue weighted by molar-refractivity contribution is 0.174. The highest BCUT2D eigenvalue weighted by Crippen LogP contribution is 2.18. The van der Waals surface area contributed by atoms with E-state index in [1.165, 1.54) is 0 Å². The molecule has 0 aliphatic heterocycles. The Bertz CT molecular complexity index is 628. The van der Waals surface area contributed by atoms with Crippen molar-refractivity contribution in [3.05, 3.63) is 51.8 Å². The van der Waals surface area contributed by atoms with E-state index in [9.17, 15) is 5.11 Å². The number of rotatable bonds is 7. The molecular weight excluding hydrogens is 302 g/mol. The highest BCUT2D eigenvalue weighted by Gasteiger charge is 2.12. The van der Waals surface area contributed by atoms with Crippen LogP contribution in [0.3, 0.4) is 0 Å². The molecule has 2 rings (SSSR count). The summed E-state index contributed by atoms with van der Waals surface area (Å²) in [4.78, 5) is 0. The number of nitrogens with zero attached hydrogens (tertiary/aromatic N) is 2. The van der Waals surface area contributed by atoms with Gasteiger partial charge in [0, 0.05) is 29.4 Å². The molecule has 0 saturated heterocycles. The van der Waals surface area contributed by atoms with Crippen LogP contribution in [0.1, 0.15) is 28.6 Å². The van der Waals surface area contributed by atoms with Crippen molar-refractivity contribution in [1.82, 2.24) is 15.1 Å². The van der Waals surface area contributed by atoms with E-state index in [2.05, 4.69) is 10.4 Å². The molecule has 0 saturated carbocycles. The van der Waals surface area contributed by atoms with Crippen LogP contribution >= 0.6 is 11.6 Å². The van der Waals surface area contributed by atoms with Crippen molar-refractivity contribution < 1.29 is 10.2 Å². The first-order valence-electron chi connectivity index (χ1n) is 7.31. The van der Waals surface area contributed by atoms with E-state index < -0.39 is 6.10 Å². The molecule has 0 amide bonds. The standard InChI is InChI=1S/C16H22ClN3O2/c1-11-15(12(2)20(19-11)6-7-21)9-18-10-16(22)13-4-3-5-14(17)8-13/h3-5,8,16,18,21-22H,6-7,9-10H2,1-2H3/t16-/m1/s1. The van der Waals surface area contributed by atoms with E-state index in [-0.39, 0.29) is 6.61 Å².